The maximum Gasteiger partial charge on any atom is 0.335 e. The Morgan fingerprint density at radius 2 is 1.77 bits per heavy atom. The molecule has 3 aromatic rings. The molecule has 1 heterocycles. The normalized spacial score (nSPS) is 14.7. The minimum Gasteiger partial charge on any atom is -0.489 e. The summed E-state index contributed by atoms with van der Waals surface area (Å²) in [7, 11) is 0. The van der Waals surface area contributed by atoms with Gasteiger partial charge in [-0.1, -0.05) is 47.5 Å². The van der Waals surface area contributed by atoms with E-state index in [-0.39, 0.29) is 28.5 Å². The number of anilines is 1. The molecule has 0 atom stereocenters. The second-order valence-corrected chi connectivity index (χ2v) is 8.62. The number of carboxylic acids is 1. The number of carbonyl (C=O) groups excluding carboxylic acids is 2. The van der Waals surface area contributed by atoms with Gasteiger partial charge in [-0.2, -0.15) is 0 Å². The fraction of sp³-hybridized carbons (Fsp3) is 0.0400. The summed E-state index contributed by atoms with van der Waals surface area (Å²) >= 11 is 17.1. The molecular weight excluding hydrogens is 511 g/mol. The Morgan fingerprint density at radius 3 is 2.46 bits per heavy atom. The standard InChI is InChI=1S/C25H16Cl2N2O5S/c26-20-9-6-15(11-21(20)27)13-34-18-7-4-14(5-8-18)10-19-22(30)28-25(35)29(23(19)31)17-3-1-2-16(12-17)24(32)33/h1-12H,13H2,(H,32,33)(H,28,30,35). The molecule has 0 spiro atoms. The fourth-order valence-electron chi connectivity index (χ4n) is 3.29. The number of aromatic carboxylic acids is 1. The van der Waals surface area contributed by atoms with Gasteiger partial charge in [0.1, 0.15) is 17.9 Å². The number of hydrogen-bond acceptors (Lipinski definition) is 5. The topological polar surface area (TPSA) is 95.9 Å². The molecule has 176 valence electrons. The molecule has 3 aromatic carbocycles. The van der Waals surface area contributed by atoms with Crippen molar-refractivity contribution >= 4 is 70.1 Å². The lowest BCUT2D eigenvalue weighted by Gasteiger charge is -2.29. The van der Waals surface area contributed by atoms with Gasteiger partial charge in [0.15, 0.2) is 5.11 Å². The predicted molar refractivity (Wildman–Crippen MR) is 137 cm³/mol. The summed E-state index contributed by atoms with van der Waals surface area (Å²) in [6, 6.07) is 17.7. The highest BCUT2D eigenvalue weighted by Gasteiger charge is 2.34. The van der Waals surface area contributed by atoms with Gasteiger partial charge < -0.3 is 9.84 Å². The minimum atomic E-state index is -1.15. The smallest absolute Gasteiger partial charge is 0.335 e. The molecule has 0 bridgehead atoms. The third-order valence-electron chi connectivity index (χ3n) is 5.03. The number of amides is 2. The second-order valence-electron chi connectivity index (χ2n) is 7.42. The lowest BCUT2D eigenvalue weighted by atomic mass is 10.1. The van der Waals surface area contributed by atoms with Crippen molar-refractivity contribution in [3.05, 3.63) is 99.0 Å². The van der Waals surface area contributed by atoms with E-state index in [0.717, 1.165) is 10.5 Å². The number of halogens is 2. The number of ether oxygens (including phenoxy) is 1. The van der Waals surface area contributed by atoms with Crippen LogP contribution in [0.5, 0.6) is 5.75 Å². The van der Waals surface area contributed by atoms with Gasteiger partial charge in [0.25, 0.3) is 11.8 Å². The Bertz CT molecular complexity index is 1390. The fourth-order valence-corrected chi connectivity index (χ4v) is 3.89. The monoisotopic (exact) mass is 526 g/mol. The van der Waals surface area contributed by atoms with E-state index in [1.54, 1.807) is 36.4 Å². The molecule has 1 saturated heterocycles. The maximum absolute atomic E-state index is 13.1. The molecule has 2 N–H and O–H groups in total. The van der Waals surface area contributed by atoms with Gasteiger partial charge in [-0.25, -0.2) is 4.79 Å². The first-order valence-electron chi connectivity index (χ1n) is 10.1. The molecule has 10 heteroatoms. The molecule has 1 aliphatic heterocycles. The number of rotatable bonds is 6. The average Bonchev–Trinajstić information content (AvgIpc) is 2.83. The summed E-state index contributed by atoms with van der Waals surface area (Å²) in [5.41, 5.74) is 1.49. The van der Waals surface area contributed by atoms with E-state index >= 15 is 0 Å². The minimum absolute atomic E-state index is 0.0167. The number of thiocarbonyl (C=S) groups is 1. The van der Waals surface area contributed by atoms with Crippen LogP contribution in [0, 0.1) is 0 Å². The molecule has 1 aliphatic rings. The number of benzene rings is 3. The lowest BCUT2D eigenvalue weighted by Crippen LogP contribution is -2.54. The molecule has 35 heavy (non-hydrogen) atoms. The SMILES string of the molecule is O=C1NC(=S)N(c2cccc(C(=O)O)c2)C(=O)C1=Cc1ccc(OCc2ccc(Cl)c(Cl)c2)cc1. The van der Waals surface area contributed by atoms with Crippen LogP contribution in [-0.2, 0) is 16.2 Å². The van der Waals surface area contributed by atoms with Gasteiger partial charge in [0.2, 0.25) is 0 Å². The first kappa shape index (κ1) is 24.4. The van der Waals surface area contributed by atoms with E-state index in [9.17, 15) is 19.5 Å². The second kappa shape index (κ2) is 10.3. The van der Waals surface area contributed by atoms with Crippen molar-refractivity contribution < 1.29 is 24.2 Å². The van der Waals surface area contributed by atoms with Gasteiger partial charge in [0, 0.05) is 0 Å². The zero-order valence-corrected chi connectivity index (χ0v) is 20.2. The van der Waals surface area contributed by atoms with Gasteiger partial charge in [0.05, 0.1) is 21.3 Å². The predicted octanol–water partition coefficient (Wildman–Crippen LogP) is 5.10. The third kappa shape index (κ3) is 5.51. The zero-order valence-electron chi connectivity index (χ0n) is 17.8. The molecule has 2 amide bonds. The molecule has 0 unspecified atom stereocenters. The van der Waals surface area contributed by atoms with Crippen LogP contribution in [0.2, 0.25) is 10.0 Å². The first-order valence-corrected chi connectivity index (χ1v) is 11.3. The summed E-state index contributed by atoms with van der Waals surface area (Å²) in [4.78, 5) is 38.0. The van der Waals surface area contributed by atoms with Crippen LogP contribution in [0.15, 0.2) is 72.3 Å². The number of carbonyl (C=O) groups is 3. The molecule has 0 radical (unpaired) electrons. The van der Waals surface area contributed by atoms with Gasteiger partial charge >= 0.3 is 5.97 Å². The van der Waals surface area contributed by atoms with E-state index in [1.807, 2.05) is 6.07 Å². The highest BCUT2D eigenvalue weighted by molar-refractivity contribution is 7.80. The van der Waals surface area contributed by atoms with Crippen LogP contribution in [0.3, 0.4) is 0 Å². The largest absolute Gasteiger partial charge is 0.489 e. The molecule has 0 saturated carbocycles. The van der Waals surface area contributed by atoms with Crippen molar-refractivity contribution in [1.82, 2.24) is 5.32 Å². The van der Waals surface area contributed by atoms with E-state index in [4.69, 9.17) is 40.2 Å². The summed E-state index contributed by atoms with van der Waals surface area (Å²) in [5, 5.41) is 12.5. The molecule has 7 nitrogen and oxygen atoms in total. The average molecular weight is 527 g/mol. The van der Waals surface area contributed by atoms with Crippen molar-refractivity contribution in [2.75, 3.05) is 4.90 Å². The lowest BCUT2D eigenvalue weighted by molar-refractivity contribution is -0.122. The van der Waals surface area contributed by atoms with E-state index < -0.39 is 17.8 Å². The van der Waals surface area contributed by atoms with Crippen LogP contribution in [0.4, 0.5) is 5.69 Å². The summed E-state index contributed by atoms with van der Waals surface area (Å²) < 4.78 is 5.75. The summed E-state index contributed by atoms with van der Waals surface area (Å²) in [6.07, 6.45) is 1.43. The van der Waals surface area contributed by atoms with Gasteiger partial charge in [-0.3, -0.25) is 19.8 Å². The molecule has 4 rings (SSSR count). The third-order valence-corrected chi connectivity index (χ3v) is 6.06. The van der Waals surface area contributed by atoms with Crippen molar-refractivity contribution in [3.63, 3.8) is 0 Å². The van der Waals surface area contributed by atoms with Gasteiger partial charge in [-0.05, 0) is 71.9 Å². The maximum atomic E-state index is 13.1. The Balaban J connectivity index is 1.52. The van der Waals surface area contributed by atoms with Crippen LogP contribution < -0.4 is 15.0 Å². The Kier molecular flexibility index (Phi) is 7.16. The molecular formula is C25H16Cl2N2O5S. The Hall–Kier alpha value is -3.72. The number of nitrogens with zero attached hydrogens (tertiary/aromatic N) is 1. The Labute approximate surface area is 215 Å². The van der Waals surface area contributed by atoms with Crippen molar-refractivity contribution in [2.24, 2.45) is 0 Å². The molecule has 0 aliphatic carbocycles. The van der Waals surface area contributed by atoms with Gasteiger partial charge in [-0.15, -0.1) is 0 Å². The summed E-state index contributed by atoms with van der Waals surface area (Å²) in [5.74, 6) is -1.89. The van der Waals surface area contributed by atoms with E-state index in [2.05, 4.69) is 5.32 Å². The van der Waals surface area contributed by atoms with Crippen LogP contribution in [0.1, 0.15) is 21.5 Å². The highest BCUT2D eigenvalue weighted by Crippen LogP contribution is 2.25. The van der Waals surface area contributed by atoms with E-state index in [0.29, 0.717) is 21.4 Å². The van der Waals surface area contributed by atoms with Crippen LogP contribution in [-0.4, -0.2) is 28.0 Å². The zero-order chi connectivity index (χ0) is 25.1. The summed E-state index contributed by atoms with van der Waals surface area (Å²) in [6.45, 7) is 0.278. The van der Waals surface area contributed by atoms with E-state index in [1.165, 1.54) is 30.3 Å². The first-order chi connectivity index (χ1) is 16.7. The van der Waals surface area contributed by atoms with Crippen molar-refractivity contribution in [1.29, 1.82) is 0 Å². The Morgan fingerprint density at radius 1 is 1.03 bits per heavy atom. The molecule has 1 fully saturated rings. The molecule has 0 aromatic heterocycles. The van der Waals surface area contributed by atoms with Crippen LogP contribution >= 0.6 is 35.4 Å². The van der Waals surface area contributed by atoms with Crippen LogP contribution in [0.25, 0.3) is 6.08 Å². The number of carboxylic acid groups (broad SMARTS) is 1. The highest BCUT2D eigenvalue weighted by atomic mass is 35.5. The quantitative estimate of drug-likeness (QED) is 0.263. The number of nitrogens with one attached hydrogen (secondary N) is 1. The van der Waals surface area contributed by atoms with Crippen molar-refractivity contribution in [3.8, 4) is 5.75 Å². The van der Waals surface area contributed by atoms with Crippen molar-refractivity contribution in [2.45, 2.75) is 6.61 Å². The number of hydrogen-bond donors (Lipinski definition) is 2.